The van der Waals surface area contributed by atoms with Gasteiger partial charge in [-0.3, -0.25) is 4.79 Å². The van der Waals surface area contributed by atoms with Crippen LogP contribution in [0.1, 0.15) is 12.5 Å². The number of hydrogen-bond acceptors (Lipinski definition) is 1. The Kier molecular flexibility index (Phi) is 5.10. The Hall–Kier alpha value is -0.730. The number of carbonyl (C=O) groups is 1. The number of benzene rings is 1. The molecule has 1 aromatic rings. The van der Waals surface area contributed by atoms with Gasteiger partial charge in [0.1, 0.15) is 0 Å². The van der Waals surface area contributed by atoms with Crippen LogP contribution in [0.25, 0.3) is 0 Å². The van der Waals surface area contributed by atoms with Crippen LogP contribution in [0.15, 0.2) is 30.3 Å². The SMILES string of the molecule is CC(CCl)(CCl)NC(=O)Cc1ccccc1. The highest BCUT2D eigenvalue weighted by Gasteiger charge is 2.23. The molecule has 1 amide bonds. The van der Waals surface area contributed by atoms with Crippen LogP contribution < -0.4 is 5.32 Å². The lowest BCUT2D eigenvalue weighted by molar-refractivity contribution is -0.121. The third-order valence-electron chi connectivity index (χ3n) is 2.24. The van der Waals surface area contributed by atoms with Crippen LogP contribution in [0.2, 0.25) is 0 Å². The van der Waals surface area contributed by atoms with Crippen LogP contribution in [-0.2, 0) is 11.2 Å². The number of hydrogen-bond donors (Lipinski definition) is 1. The van der Waals surface area contributed by atoms with E-state index in [1.807, 2.05) is 37.3 Å². The van der Waals surface area contributed by atoms with Gasteiger partial charge >= 0.3 is 0 Å². The van der Waals surface area contributed by atoms with Crippen LogP contribution in [0, 0.1) is 0 Å². The van der Waals surface area contributed by atoms with E-state index in [4.69, 9.17) is 23.2 Å². The van der Waals surface area contributed by atoms with Crippen LogP contribution in [-0.4, -0.2) is 23.2 Å². The quantitative estimate of drug-likeness (QED) is 0.810. The molecule has 0 fully saturated rings. The van der Waals surface area contributed by atoms with Crippen molar-refractivity contribution in [2.24, 2.45) is 0 Å². The first-order valence-corrected chi connectivity index (χ1v) is 6.13. The Morgan fingerprint density at radius 2 is 1.81 bits per heavy atom. The molecule has 0 aliphatic carbocycles. The molecule has 4 heteroatoms. The highest BCUT2D eigenvalue weighted by molar-refractivity contribution is 6.22. The minimum Gasteiger partial charge on any atom is -0.348 e. The summed E-state index contributed by atoms with van der Waals surface area (Å²) in [6, 6.07) is 9.56. The second kappa shape index (κ2) is 6.12. The van der Waals surface area contributed by atoms with Crippen molar-refractivity contribution in [2.45, 2.75) is 18.9 Å². The molecule has 0 radical (unpaired) electrons. The van der Waals surface area contributed by atoms with E-state index in [2.05, 4.69) is 5.32 Å². The van der Waals surface area contributed by atoms with E-state index in [9.17, 15) is 4.79 Å². The van der Waals surface area contributed by atoms with Crippen LogP contribution in [0.5, 0.6) is 0 Å². The topological polar surface area (TPSA) is 29.1 Å². The van der Waals surface area contributed by atoms with Gasteiger partial charge in [0, 0.05) is 11.8 Å². The summed E-state index contributed by atoms with van der Waals surface area (Å²) in [5, 5.41) is 2.84. The van der Waals surface area contributed by atoms with Crippen LogP contribution >= 0.6 is 23.2 Å². The Bertz CT molecular complexity index is 336. The van der Waals surface area contributed by atoms with Gasteiger partial charge < -0.3 is 5.32 Å². The van der Waals surface area contributed by atoms with E-state index in [-0.39, 0.29) is 5.91 Å². The summed E-state index contributed by atoms with van der Waals surface area (Å²) in [4.78, 5) is 11.7. The Morgan fingerprint density at radius 1 is 1.25 bits per heavy atom. The van der Waals surface area contributed by atoms with Crippen molar-refractivity contribution in [3.8, 4) is 0 Å². The van der Waals surface area contributed by atoms with Crippen molar-refractivity contribution in [3.63, 3.8) is 0 Å². The number of nitrogens with one attached hydrogen (secondary N) is 1. The molecule has 2 nitrogen and oxygen atoms in total. The average Bonchev–Trinajstić information content (AvgIpc) is 2.30. The zero-order chi connectivity index (χ0) is 12.0. The summed E-state index contributed by atoms with van der Waals surface area (Å²) in [5.41, 5.74) is 0.445. The number of amides is 1. The fourth-order valence-corrected chi connectivity index (χ4v) is 1.68. The summed E-state index contributed by atoms with van der Waals surface area (Å²) in [6.07, 6.45) is 0.351. The Labute approximate surface area is 106 Å². The Balaban J connectivity index is 2.54. The molecular formula is C12H15Cl2NO. The van der Waals surface area contributed by atoms with Gasteiger partial charge in [-0.05, 0) is 12.5 Å². The van der Waals surface area contributed by atoms with Gasteiger partial charge in [-0.25, -0.2) is 0 Å². The highest BCUT2D eigenvalue weighted by atomic mass is 35.5. The third-order valence-corrected chi connectivity index (χ3v) is 3.42. The van der Waals surface area contributed by atoms with Gasteiger partial charge in [0.05, 0.1) is 12.0 Å². The maximum Gasteiger partial charge on any atom is 0.224 e. The summed E-state index contributed by atoms with van der Waals surface area (Å²) in [6.45, 7) is 1.83. The number of halogens is 2. The average molecular weight is 260 g/mol. The van der Waals surface area contributed by atoms with E-state index in [1.165, 1.54) is 0 Å². The molecule has 0 heterocycles. The zero-order valence-corrected chi connectivity index (χ0v) is 10.7. The monoisotopic (exact) mass is 259 g/mol. The molecule has 0 saturated carbocycles. The molecule has 0 aromatic heterocycles. The number of rotatable bonds is 5. The lowest BCUT2D eigenvalue weighted by atomic mass is 10.1. The van der Waals surface area contributed by atoms with Gasteiger partial charge in [0.25, 0.3) is 0 Å². The van der Waals surface area contributed by atoms with Gasteiger partial charge in [-0.1, -0.05) is 30.3 Å². The Morgan fingerprint density at radius 3 is 2.31 bits per heavy atom. The molecule has 1 rings (SSSR count). The minimum atomic E-state index is -0.533. The smallest absolute Gasteiger partial charge is 0.224 e. The normalized spacial score (nSPS) is 11.2. The molecule has 0 aliphatic heterocycles. The van der Waals surface area contributed by atoms with E-state index in [0.717, 1.165) is 5.56 Å². The minimum absolute atomic E-state index is 0.0602. The van der Waals surface area contributed by atoms with Gasteiger partial charge in [0.15, 0.2) is 0 Å². The van der Waals surface area contributed by atoms with Crippen molar-refractivity contribution in [1.29, 1.82) is 0 Å². The predicted molar refractivity (Wildman–Crippen MR) is 68.1 cm³/mol. The fraction of sp³-hybridized carbons (Fsp3) is 0.417. The van der Waals surface area contributed by atoms with E-state index in [1.54, 1.807) is 0 Å². The van der Waals surface area contributed by atoms with Crippen molar-refractivity contribution in [3.05, 3.63) is 35.9 Å². The lowest BCUT2D eigenvalue weighted by Crippen LogP contribution is -2.49. The molecule has 0 saturated heterocycles. The fourth-order valence-electron chi connectivity index (χ4n) is 1.26. The molecular weight excluding hydrogens is 245 g/mol. The van der Waals surface area contributed by atoms with E-state index in [0.29, 0.717) is 18.2 Å². The summed E-state index contributed by atoms with van der Waals surface area (Å²) < 4.78 is 0. The van der Waals surface area contributed by atoms with Gasteiger partial charge in [0.2, 0.25) is 5.91 Å². The molecule has 1 N–H and O–H groups in total. The molecule has 0 spiro atoms. The largest absolute Gasteiger partial charge is 0.348 e. The van der Waals surface area contributed by atoms with Gasteiger partial charge in [-0.15, -0.1) is 23.2 Å². The first-order chi connectivity index (χ1) is 7.59. The molecule has 0 unspecified atom stereocenters. The summed E-state index contributed by atoms with van der Waals surface area (Å²) >= 11 is 11.5. The van der Waals surface area contributed by atoms with Gasteiger partial charge in [-0.2, -0.15) is 0 Å². The van der Waals surface area contributed by atoms with E-state index < -0.39 is 5.54 Å². The molecule has 0 atom stereocenters. The molecule has 88 valence electrons. The molecule has 0 aliphatic rings. The first kappa shape index (κ1) is 13.3. The lowest BCUT2D eigenvalue weighted by Gasteiger charge is -2.25. The molecule has 1 aromatic carbocycles. The maximum absolute atomic E-state index is 11.7. The standard InChI is InChI=1S/C12H15Cl2NO/c1-12(8-13,9-14)15-11(16)7-10-5-3-2-4-6-10/h2-6H,7-9H2,1H3,(H,15,16). The second-order valence-corrected chi connectivity index (χ2v) is 4.57. The van der Waals surface area contributed by atoms with Crippen molar-refractivity contribution in [2.75, 3.05) is 11.8 Å². The van der Waals surface area contributed by atoms with E-state index >= 15 is 0 Å². The summed E-state index contributed by atoms with van der Waals surface area (Å²) in [5.74, 6) is 0.545. The van der Waals surface area contributed by atoms with Crippen molar-refractivity contribution >= 4 is 29.1 Å². The molecule has 16 heavy (non-hydrogen) atoms. The molecule has 0 bridgehead atoms. The van der Waals surface area contributed by atoms with Crippen molar-refractivity contribution < 1.29 is 4.79 Å². The number of carbonyl (C=O) groups excluding carboxylic acids is 1. The van der Waals surface area contributed by atoms with Crippen LogP contribution in [0.3, 0.4) is 0 Å². The zero-order valence-electron chi connectivity index (χ0n) is 9.17. The third kappa shape index (κ3) is 4.03. The maximum atomic E-state index is 11.7. The van der Waals surface area contributed by atoms with Crippen LogP contribution in [0.4, 0.5) is 0 Å². The second-order valence-electron chi connectivity index (χ2n) is 4.04. The summed E-state index contributed by atoms with van der Waals surface area (Å²) in [7, 11) is 0. The van der Waals surface area contributed by atoms with Crippen molar-refractivity contribution in [1.82, 2.24) is 5.32 Å². The predicted octanol–water partition coefficient (Wildman–Crippen LogP) is 2.58. The first-order valence-electron chi connectivity index (χ1n) is 5.06. The highest BCUT2D eigenvalue weighted by Crippen LogP contribution is 2.09. The number of alkyl halides is 2.